The van der Waals surface area contributed by atoms with Gasteiger partial charge in [0.25, 0.3) is 0 Å². The molecule has 1 amide bonds. The lowest BCUT2D eigenvalue weighted by Crippen LogP contribution is -2.46. The predicted octanol–water partition coefficient (Wildman–Crippen LogP) is 3.59. The van der Waals surface area contributed by atoms with Gasteiger partial charge in [0.2, 0.25) is 15.9 Å². The number of rotatable bonds is 4. The number of anilines is 1. The molecule has 1 aliphatic rings. The van der Waals surface area contributed by atoms with Crippen molar-refractivity contribution in [2.45, 2.75) is 18.2 Å². The largest absolute Gasteiger partial charge is 0.326 e. The quantitative estimate of drug-likeness (QED) is 0.486. The maximum atomic E-state index is 13.3. The zero-order valence-electron chi connectivity index (χ0n) is 16.6. The summed E-state index contributed by atoms with van der Waals surface area (Å²) in [5.41, 5.74) is 4.30. The molecule has 5 rings (SSSR count). The van der Waals surface area contributed by atoms with Crippen LogP contribution in [0.2, 0.25) is 0 Å². The highest BCUT2D eigenvalue weighted by Crippen LogP contribution is 2.31. The molecule has 0 spiro atoms. The van der Waals surface area contributed by atoms with Gasteiger partial charge in [-0.25, -0.2) is 13.4 Å². The molecule has 4 aromatic rings. The third-order valence-corrected chi connectivity index (χ3v) is 8.92. The number of fused-ring (bicyclic) bond motifs is 2. The first-order chi connectivity index (χ1) is 14.9. The lowest BCUT2D eigenvalue weighted by atomic mass is 9.87. The van der Waals surface area contributed by atoms with Crippen LogP contribution in [0.4, 0.5) is 5.69 Å². The van der Waals surface area contributed by atoms with E-state index in [4.69, 9.17) is 0 Å². The van der Waals surface area contributed by atoms with E-state index in [1.165, 1.54) is 4.31 Å². The number of aromatic nitrogens is 3. The number of sulfonamides is 1. The Balaban J connectivity index is 1.31. The third kappa shape index (κ3) is 3.71. The summed E-state index contributed by atoms with van der Waals surface area (Å²) in [5.74, 6) is -0.487. The minimum absolute atomic E-state index is 0.0927. The third-order valence-electron chi connectivity index (χ3n) is 5.67. The summed E-state index contributed by atoms with van der Waals surface area (Å²) in [6.45, 7) is 2.48. The monoisotopic (exact) mass is 473 g/mol. The number of amides is 1. The Morgan fingerprint density at radius 2 is 2.06 bits per heavy atom. The van der Waals surface area contributed by atoms with Gasteiger partial charge in [-0.05, 0) is 42.7 Å². The molecule has 1 fully saturated rings. The van der Waals surface area contributed by atoms with Gasteiger partial charge in [-0.1, -0.05) is 13.0 Å². The van der Waals surface area contributed by atoms with E-state index in [1.807, 2.05) is 25.1 Å². The summed E-state index contributed by atoms with van der Waals surface area (Å²) in [6, 6.07) is 10.7. The van der Waals surface area contributed by atoms with Gasteiger partial charge in [0.05, 0.1) is 27.5 Å². The van der Waals surface area contributed by atoms with E-state index in [-0.39, 0.29) is 35.7 Å². The second-order valence-electron chi connectivity index (χ2n) is 7.65. The summed E-state index contributed by atoms with van der Waals surface area (Å²) < 4.78 is 37.4. The van der Waals surface area contributed by atoms with Crippen molar-refractivity contribution >= 4 is 65.9 Å². The van der Waals surface area contributed by atoms with Crippen molar-refractivity contribution in [1.82, 2.24) is 18.0 Å². The first-order valence-electron chi connectivity index (χ1n) is 9.79. The highest BCUT2D eigenvalue weighted by molar-refractivity contribution is 7.89. The van der Waals surface area contributed by atoms with Crippen molar-refractivity contribution in [3.8, 4) is 0 Å². The molecule has 11 heteroatoms. The average molecular weight is 474 g/mol. The number of piperidine rings is 1. The summed E-state index contributed by atoms with van der Waals surface area (Å²) in [5, 5.41) is 2.97. The minimum atomic E-state index is -3.72. The van der Waals surface area contributed by atoms with Crippen molar-refractivity contribution in [1.29, 1.82) is 0 Å². The lowest BCUT2D eigenvalue weighted by molar-refractivity contribution is -0.122. The van der Waals surface area contributed by atoms with E-state index in [2.05, 4.69) is 19.0 Å². The Hall–Kier alpha value is -2.47. The van der Waals surface area contributed by atoms with E-state index in [0.717, 1.165) is 21.9 Å². The van der Waals surface area contributed by atoms with E-state index >= 15 is 0 Å². The molecule has 31 heavy (non-hydrogen) atoms. The molecule has 0 aliphatic carbocycles. The van der Waals surface area contributed by atoms with Crippen LogP contribution in [0, 0.1) is 11.8 Å². The maximum absolute atomic E-state index is 13.3. The number of hydrogen-bond acceptors (Lipinski definition) is 8. The summed E-state index contributed by atoms with van der Waals surface area (Å²) in [6.07, 6.45) is 0.455. The molecule has 0 radical (unpaired) electrons. The SMILES string of the molecule is CC1CN(S(=O)(=O)c2cccc3nsnc23)CCC1C(=O)Nc1ccc2scnc2c1. The molecule has 1 N–H and O–H groups in total. The topological polar surface area (TPSA) is 105 Å². The Morgan fingerprint density at radius 1 is 1.19 bits per heavy atom. The van der Waals surface area contributed by atoms with Gasteiger partial charge in [0.15, 0.2) is 0 Å². The van der Waals surface area contributed by atoms with E-state index in [0.29, 0.717) is 23.1 Å². The normalized spacial score (nSPS) is 20.3. The Bertz CT molecular complexity index is 1380. The highest BCUT2D eigenvalue weighted by Gasteiger charge is 2.37. The molecule has 1 saturated heterocycles. The number of thiazole rings is 1. The van der Waals surface area contributed by atoms with Crippen LogP contribution in [0.15, 0.2) is 46.8 Å². The van der Waals surface area contributed by atoms with Crippen LogP contribution in [0.3, 0.4) is 0 Å². The van der Waals surface area contributed by atoms with Gasteiger partial charge in [-0.3, -0.25) is 4.79 Å². The smallest absolute Gasteiger partial charge is 0.245 e. The molecule has 2 aromatic heterocycles. The molecular formula is C20H19N5O3S3. The summed E-state index contributed by atoms with van der Waals surface area (Å²) in [4.78, 5) is 17.4. The minimum Gasteiger partial charge on any atom is -0.326 e. The fourth-order valence-electron chi connectivity index (χ4n) is 4.01. The molecule has 160 valence electrons. The lowest BCUT2D eigenvalue weighted by Gasteiger charge is -2.35. The molecule has 8 nitrogen and oxygen atoms in total. The van der Waals surface area contributed by atoms with Crippen molar-refractivity contribution < 1.29 is 13.2 Å². The Morgan fingerprint density at radius 3 is 2.90 bits per heavy atom. The van der Waals surface area contributed by atoms with E-state index < -0.39 is 10.0 Å². The Labute approximate surface area is 187 Å². The number of benzene rings is 2. The first-order valence-corrected chi connectivity index (χ1v) is 12.8. The average Bonchev–Trinajstić information content (AvgIpc) is 3.42. The van der Waals surface area contributed by atoms with E-state index in [1.54, 1.807) is 35.0 Å². The fraction of sp³-hybridized carbons (Fsp3) is 0.300. The van der Waals surface area contributed by atoms with E-state index in [9.17, 15) is 13.2 Å². The van der Waals surface area contributed by atoms with Gasteiger partial charge < -0.3 is 5.32 Å². The van der Waals surface area contributed by atoms with Gasteiger partial charge in [0.1, 0.15) is 15.9 Å². The van der Waals surface area contributed by atoms with Crippen molar-refractivity contribution in [2.24, 2.45) is 11.8 Å². The highest BCUT2D eigenvalue weighted by atomic mass is 32.2. The Kier molecular flexibility index (Phi) is 5.21. The second-order valence-corrected chi connectivity index (χ2v) is 11.0. The van der Waals surface area contributed by atoms with Gasteiger partial charge in [-0.15, -0.1) is 11.3 Å². The number of nitrogens with one attached hydrogen (secondary N) is 1. The molecular weight excluding hydrogens is 454 g/mol. The summed E-state index contributed by atoms with van der Waals surface area (Å²) in [7, 11) is -3.72. The molecule has 1 aliphatic heterocycles. The van der Waals surface area contributed by atoms with Gasteiger partial charge in [0, 0.05) is 24.7 Å². The predicted molar refractivity (Wildman–Crippen MR) is 122 cm³/mol. The van der Waals surface area contributed by atoms with Gasteiger partial charge >= 0.3 is 0 Å². The van der Waals surface area contributed by atoms with Crippen molar-refractivity contribution in [3.63, 3.8) is 0 Å². The summed E-state index contributed by atoms with van der Waals surface area (Å²) >= 11 is 2.55. The number of carbonyl (C=O) groups excluding carboxylic acids is 1. The molecule has 2 atom stereocenters. The standard InChI is InChI=1S/C20H19N5O3S3/c1-12-10-25(31(27,28)18-4-2-3-15-19(18)24-30-23-15)8-7-14(12)20(26)22-13-5-6-17-16(9-13)21-11-29-17/h2-6,9,11-12,14H,7-8,10H2,1H3,(H,22,26). The molecule has 3 heterocycles. The number of nitrogens with zero attached hydrogens (tertiary/aromatic N) is 4. The molecule has 0 saturated carbocycles. The maximum Gasteiger partial charge on any atom is 0.245 e. The fourth-order valence-corrected chi connectivity index (χ4v) is 6.98. The number of hydrogen-bond donors (Lipinski definition) is 1. The van der Waals surface area contributed by atoms with Crippen LogP contribution >= 0.6 is 23.1 Å². The molecule has 2 aromatic carbocycles. The van der Waals surface area contributed by atoms with Crippen LogP contribution in [0.5, 0.6) is 0 Å². The molecule has 0 bridgehead atoms. The van der Waals surface area contributed by atoms with Crippen LogP contribution in [0.25, 0.3) is 21.3 Å². The zero-order valence-corrected chi connectivity index (χ0v) is 19.0. The first kappa shape index (κ1) is 20.4. The van der Waals surface area contributed by atoms with Crippen molar-refractivity contribution in [2.75, 3.05) is 18.4 Å². The van der Waals surface area contributed by atoms with Crippen LogP contribution < -0.4 is 5.32 Å². The zero-order chi connectivity index (χ0) is 21.6. The van der Waals surface area contributed by atoms with Crippen LogP contribution in [-0.4, -0.2) is 45.5 Å². The number of carbonyl (C=O) groups is 1. The van der Waals surface area contributed by atoms with Crippen LogP contribution in [0.1, 0.15) is 13.3 Å². The van der Waals surface area contributed by atoms with Crippen LogP contribution in [-0.2, 0) is 14.8 Å². The van der Waals surface area contributed by atoms with Crippen molar-refractivity contribution in [3.05, 3.63) is 41.9 Å². The molecule has 2 unspecified atom stereocenters. The second kappa shape index (κ2) is 7.90. The van der Waals surface area contributed by atoms with Gasteiger partial charge in [-0.2, -0.15) is 13.1 Å².